The molecule has 0 aliphatic rings. The summed E-state index contributed by atoms with van der Waals surface area (Å²) in [6, 6.07) is 16.3. The zero-order valence-electron chi connectivity index (χ0n) is 10.7. The molecule has 2 heteroatoms. The molecule has 18 heavy (non-hydrogen) atoms. The predicted octanol–water partition coefficient (Wildman–Crippen LogP) is 3.35. The standard InChI is InChI=1S/C16H19NO/c1-2-13-7-3-4-8-14(13)11-17-16-10-6-5-9-15(16)12-18/h3-10,17-18H,2,11-12H2,1H3. The molecule has 0 aromatic heterocycles. The summed E-state index contributed by atoms with van der Waals surface area (Å²) in [6.45, 7) is 3.03. The molecule has 2 nitrogen and oxygen atoms in total. The Morgan fingerprint density at radius 1 is 0.889 bits per heavy atom. The molecule has 0 radical (unpaired) electrons. The summed E-state index contributed by atoms with van der Waals surface area (Å²) in [4.78, 5) is 0. The van der Waals surface area contributed by atoms with Gasteiger partial charge >= 0.3 is 0 Å². The number of aliphatic hydroxyl groups is 1. The molecule has 0 aliphatic heterocycles. The van der Waals surface area contributed by atoms with Gasteiger partial charge in [0.25, 0.3) is 0 Å². The highest BCUT2D eigenvalue weighted by Gasteiger charge is 2.02. The van der Waals surface area contributed by atoms with Gasteiger partial charge < -0.3 is 10.4 Å². The van der Waals surface area contributed by atoms with Gasteiger partial charge in [0.05, 0.1) is 6.61 Å². The van der Waals surface area contributed by atoms with Gasteiger partial charge in [-0.25, -0.2) is 0 Å². The topological polar surface area (TPSA) is 32.3 Å². The zero-order valence-corrected chi connectivity index (χ0v) is 10.7. The predicted molar refractivity (Wildman–Crippen MR) is 75.5 cm³/mol. The van der Waals surface area contributed by atoms with Crippen molar-refractivity contribution in [2.24, 2.45) is 0 Å². The van der Waals surface area contributed by atoms with Gasteiger partial charge in [-0.05, 0) is 23.6 Å². The molecule has 94 valence electrons. The number of benzene rings is 2. The van der Waals surface area contributed by atoms with E-state index in [1.54, 1.807) is 0 Å². The normalized spacial score (nSPS) is 10.3. The van der Waals surface area contributed by atoms with Gasteiger partial charge in [0.2, 0.25) is 0 Å². The minimum atomic E-state index is 0.0681. The minimum Gasteiger partial charge on any atom is -0.392 e. The van der Waals surface area contributed by atoms with E-state index in [0.717, 1.165) is 24.2 Å². The summed E-state index contributed by atoms with van der Waals surface area (Å²) in [5.74, 6) is 0. The van der Waals surface area contributed by atoms with E-state index in [4.69, 9.17) is 0 Å². The molecule has 0 atom stereocenters. The Morgan fingerprint density at radius 2 is 1.50 bits per heavy atom. The van der Waals surface area contributed by atoms with Crippen molar-refractivity contribution < 1.29 is 5.11 Å². The third kappa shape index (κ3) is 2.90. The molecule has 0 saturated heterocycles. The van der Waals surface area contributed by atoms with Crippen LogP contribution in [0.25, 0.3) is 0 Å². The van der Waals surface area contributed by atoms with Crippen molar-refractivity contribution in [3.63, 3.8) is 0 Å². The van der Waals surface area contributed by atoms with Gasteiger partial charge in [0, 0.05) is 17.8 Å². The maximum atomic E-state index is 9.28. The van der Waals surface area contributed by atoms with E-state index in [1.165, 1.54) is 11.1 Å². The summed E-state index contributed by atoms with van der Waals surface area (Å²) in [5, 5.41) is 12.7. The smallest absolute Gasteiger partial charge is 0.0701 e. The fourth-order valence-electron chi connectivity index (χ4n) is 2.10. The summed E-state index contributed by atoms with van der Waals surface area (Å²) >= 11 is 0. The maximum Gasteiger partial charge on any atom is 0.0701 e. The van der Waals surface area contributed by atoms with Crippen LogP contribution in [0.2, 0.25) is 0 Å². The van der Waals surface area contributed by atoms with E-state index in [9.17, 15) is 5.11 Å². The van der Waals surface area contributed by atoms with Gasteiger partial charge in [0.1, 0.15) is 0 Å². The van der Waals surface area contributed by atoms with Crippen molar-refractivity contribution in [3.8, 4) is 0 Å². The number of nitrogens with one attached hydrogen (secondary N) is 1. The Morgan fingerprint density at radius 3 is 2.17 bits per heavy atom. The summed E-state index contributed by atoms with van der Waals surface area (Å²) < 4.78 is 0. The molecular weight excluding hydrogens is 222 g/mol. The fourth-order valence-corrected chi connectivity index (χ4v) is 2.10. The van der Waals surface area contributed by atoms with Crippen LogP contribution in [0.1, 0.15) is 23.6 Å². The van der Waals surface area contributed by atoms with Crippen LogP contribution >= 0.6 is 0 Å². The van der Waals surface area contributed by atoms with Crippen LogP contribution in [0.15, 0.2) is 48.5 Å². The molecule has 0 amide bonds. The monoisotopic (exact) mass is 241 g/mol. The molecule has 2 aromatic carbocycles. The molecule has 2 aromatic rings. The first-order chi connectivity index (χ1) is 8.85. The lowest BCUT2D eigenvalue weighted by Gasteiger charge is -2.12. The fraction of sp³-hybridized carbons (Fsp3) is 0.250. The van der Waals surface area contributed by atoms with Crippen LogP contribution in [0.4, 0.5) is 5.69 Å². The first-order valence-corrected chi connectivity index (χ1v) is 6.34. The van der Waals surface area contributed by atoms with E-state index in [-0.39, 0.29) is 6.61 Å². The van der Waals surface area contributed by atoms with E-state index >= 15 is 0 Å². The minimum absolute atomic E-state index is 0.0681. The Hall–Kier alpha value is -1.80. The van der Waals surface area contributed by atoms with E-state index < -0.39 is 0 Å². The number of aliphatic hydroxyl groups excluding tert-OH is 1. The van der Waals surface area contributed by atoms with Crippen LogP contribution < -0.4 is 5.32 Å². The maximum absolute atomic E-state index is 9.28. The van der Waals surface area contributed by atoms with Gasteiger partial charge in [0.15, 0.2) is 0 Å². The van der Waals surface area contributed by atoms with Crippen molar-refractivity contribution in [1.29, 1.82) is 0 Å². The summed E-state index contributed by atoms with van der Waals surface area (Å²) in [5.41, 5.74) is 4.62. The zero-order chi connectivity index (χ0) is 12.8. The number of hydrogen-bond acceptors (Lipinski definition) is 2. The van der Waals surface area contributed by atoms with Crippen LogP contribution in [0.3, 0.4) is 0 Å². The third-order valence-corrected chi connectivity index (χ3v) is 3.16. The highest BCUT2D eigenvalue weighted by molar-refractivity contribution is 5.51. The van der Waals surface area contributed by atoms with Gasteiger partial charge in [-0.3, -0.25) is 0 Å². The molecule has 0 saturated carbocycles. The summed E-state index contributed by atoms with van der Waals surface area (Å²) in [6.07, 6.45) is 1.04. The molecule has 0 fully saturated rings. The molecule has 2 N–H and O–H groups in total. The Balaban J connectivity index is 2.11. The second kappa shape index (κ2) is 6.22. The number of rotatable bonds is 5. The highest BCUT2D eigenvalue weighted by Crippen LogP contribution is 2.17. The third-order valence-electron chi connectivity index (χ3n) is 3.16. The average Bonchev–Trinajstić information content (AvgIpc) is 2.45. The quantitative estimate of drug-likeness (QED) is 0.841. The van der Waals surface area contributed by atoms with Crippen molar-refractivity contribution >= 4 is 5.69 Å². The number of aryl methyl sites for hydroxylation is 1. The molecule has 0 unspecified atom stereocenters. The second-order valence-electron chi connectivity index (χ2n) is 4.29. The molecule has 0 bridgehead atoms. The molecule has 0 heterocycles. The molecular formula is C16H19NO. The van der Waals surface area contributed by atoms with E-state index in [0.29, 0.717) is 0 Å². The lowest BCUT2D eigenvalue weighted by Crippen LogP contribution is -2.04. The van der Waals surface area contributed by atoms with Crippen molar-refractivity contribution in [2.75, 3.05) is 5.32 Å². The summed E-state index contributed by atoms with van der Waals surface area (Å²) in [7, 11) is 0. The Kier molecular flexibility index (Phi) is 4.37. The lowest BCUT2D eigenvalue weighted by molar-refractivity contribution is 0.282. The van der Waals surface area contributed by atoms with Crippen LogP contribution in [-0.2, 0) is 19.6 Å². The Labute approximate surface area is 108 Å². The first-order valence-electron chi connectivity index (χ1n) is 6.34. The SMILES string of the molecule is CCc1ccccc1CNc1ccccc1CO. The molecule has 0 spiro atoms. The second-order valence-corrected chi connectivity index (χ2v) is 4.29. The van der Waals surface area contributed by atoms with Crippen LogP contribution in [0, 0.1) is 0 Å². The highest BCUT2D eigenvalue weighted by atomic mass is 16.3. The van der Waals surface area contributed by atoms with Crippen LogP contribution in [0.5, 0.6) is 0 Å². The van der Waals surface area contributed by atoms with Gasteiger partial charge in [-0.2, -0.15) is 0 Å². The van der Waals surface area contributed by atoms with E-state index in [2.05, 4.69) is 36.5 Å². The van der Waals surface area contributed by atoms with Crippen molar-refractivity contribution in [3.05, 3.63) is 65.2 Å². The average molecular weight is 241 g/mol. The first kappa shape index (κ1) is 12.7. The number of hydrogen-bond donors (Lipinski definition) is 2. The number of para-hydroxylation sites is 1. The van der Waals surface area contributed by atoms with Crippen molar-refractivity contribution in [2.45, 2.75) is 26.5 Å². The molecule has 0 aliphatic carbocycles. The largest absolute Gasteiger partial charge is 0.392 e. The van der Waals surface area contributed by atoms with Crippen LogP contribution in [-0.4, -0.2) is 5.11 Å². The van der Waals surface area contributed by atoms with E-state index in [1.807, 2.05) is 24.3 Å². The van der Waals surface area contributed by atoms with Crippen molar-refractivity contribution in [1.82, 2.24) is 0 Å². The molecule has 2 rings (SSSR count). The van der Waals surface area contributed by atoms with Gasteiger partial charge in [-0.15, -0.1) is 0 Å². The lowest BCUT2D eigenvalue weighted by atomic mass is 10.1. The number of anilines is 1. The van der Waals surface area contributed by atoms with Gasteiger partial charge in [-0.1, -0.05) is 49.4 Å². The Bertz CT molecular complexity index is 460.